The third kappa shape index (κ3) is 4.20. The molecule has 0 aliphatic heterocycles. The molecule has 1 aromatic heterocycles. The van der Waals surface area contributed by atoms with Crippen molar-refractivity contribution in [2.75, 3.05) is 0 Å². The van der Waals surface area contributed by atoms with Crippen LogP contribution in [-0.2, 0) is 0 Å². The molecule has 0 amide bonds. The number of fused-ring (bicyclic) bond motifs is 8. The molecule has 0 fully saturated rings. The van der Waals surface area contributed by atoms with Gasteiger partial charge in [0.2, 0.25) is 0 Å². The quantitative estimate of drug-likeness (QED) is 0.185. The van der Waals surface area contributed by atoms with Crippen molar-refractivity contribution in [3.63, 3.8) is 0 Å². The van der Waals surface area contributed by atoms with Gasteiger partial charge in [0, 0.05) is 32.0 Å². The summed E-state index contributed by atoms with van der Waals surface area (Å²) in [7, 11) is 0. The highest BCUT2D eigenvalue weighted by molar-refractivity contribution is 7.26. The number of benzene rings is 6. The first-order chi connectivity index (χ1) is 23.3. The van der Waals surface area contributed by atoms with Gasteiger partial charge in [-0.15, -0.1) is 11.3 Å². The zero-order valence-electron chi connectivity index (χ0n) is 26.0. The van der Waals surface area contributed by atoms with E-state index in [1.54, 1.807) is 0 Å². The van der Waals surface area contributed by atoms with Crippen LogP contribution < -0.4 is 0 Å². The first-order valence-corrected chi connectivity index (χ1v) is 17.6. The third-order valence-electron chi connectivity index (χ3n) is 10.4. The minimum atomic E-state index is 0.296. The third-order valence-corrected chi connectivity index (χ3v) is 11.6. The van der Waals surface area contributed by atoms with Gasteiger partial charge in [-0.25, -0.2) is 0 Å². The smallest absolute Gasteiger partial charge is 0.0433 e. The Hall–Kier alpha value is -5.24. The van der Waals surface area contributed by atoms with Crippen molar-refractivity contribution in [3.05, 3.63) is 168 Å². The highest BCUT2D eigenvalue weighted by atomic mass is 32.1. The maximum absolute atomic E-state index is 2.51. The highest BCUT2D eigenvalue weighted by Crippen LogP contribution is 2.51. The lowest BCUT2D eigenvalue weighted by Crippen LogP contribution is -2.17. The zero-order valence-corrected chi connectivity index (χ0v) is 26.8. The summed E-state index contributed by atoms with van der Waals surface area (Å²) in [6.07, 6.45) is 23.5. The van der Waals surface area contributed by atoms with Gasteiger partial charge in [-0.05, 0) is 97.1 Å². The number of thiophene rings is 1. The number of rotatable bonds is 3. The summed E-state index contributed by atoms with van der Waals surface area (Å²) in [6, 6.07) is 38.7. The van der Waals surface area contributed by atoms with E-state index in [2.05, 4.69) is 158 Å². The molecule has 0 nitrogen and oxygen atoms in total. The van der Waals surface area contributed by atoms with Crippen molar-refractivity contribution in [2.45, 2.75) is 18.8 Å². The molecule has 1 heterocycles. The molecule has 0 saturated heterocycles. The second-order valence-electron chi connectivity index (χ2n) is 13.1. The van der Waals surface area contributed by atoms with E-state index in [-0.39, 0.29) is 0 Å². The van der Waals surface area contributed by atoms with Crippen molar-refractivity contribution in [3.8, 4) is 22.3 Å². The molecule has 3 aliphatic carbocycles. The van der Waals surface area contributed by atoms with Gasteiger partial charge < -0.3 is 0 Å². The Bertz CT molecular complexity index is 2580. The monoisotopic (exact) mass is 616 g/mol. The lowest BCUT2D eigenvalue weighted by molar-refractivity contribution is 0.692. The van der Waals surface area contributed by atoms with Crippen molar-refractivity contribution in [1.29, 1.82) is 0 Å². The Morgan fingerprint density at radius 1 is 0.574 bits per heavy atom. The predicted octanol–water partition coefficient (Wildman–Crippen LogP) is 13.3. The van der Waals surface area contributed by atoms with Crippen LogP contribution in [0, 0.1) is 5.92 Å². The van der Waals surface area contributed by atoms with Gasteiger partial charge in [-0.3, -0.25) is 0 Å². The second kappa shape index (κ2) is 10.7. The van der Waals surface area contributed by atoms with Gasteiger partial charge in [0.25, 0.3) is 0 Å². The Kier molecular flexibility index (Phi) is 6.11. The molecule has 6 aromatic carbocycles. The van der Waals surface area contributed by atoms with Crippen LogP contribution in [0.4, 0.5) is 0 Å². The van der Waals surface area contributed by atoms with E-state index >= 15 is 0 Å². The van der Waals surface area contributed by atoms with Crippen LogP contribution in [0.3, 0.4) is 0 Å². The largest absolute Gasteiger partial charge is 0.135 e. The molecule has 0 spiro atoms. The predicted molar refractivity (Wildman–Crippen MR) is 205 cm³/mol. The summed E-state index contributed by atoms with van der Waals surface area (Å²) < 4.78 is 2.71. The molecule has 47 heavy (non-hydrogen) atoms. The van der Waals surface area contributed by atoms with E-state index in [0.29, 0.717) is 11.8 Å². The van der Waals surface area contributed by atoms with Crippen LogP contribution in [0.5, 0.6) is 0 Å². The Morgan fingerprint density at radius 2 is 1.43 bits per heavy atom. The molecule has 2 atom stereocenters. The van der Waals surface area contributed by atoms with E-state index in [9.17, 15) is 0 Å². The van der Waals surface area contributed by atoms with Gasteiger partial charge in [-0.1, -0.05) is 140 Å². The molecular weight excluding hydrogens is 585 g/mol. The van der Waals surface area contributed by atoms with Gasteiger partial charge in [-0.2, -0.15) is 0 Å². The Labute approximate surface area is 279 Å². The molecule has 1 heteroatoms. The lowest BCUT2D eigenvalue weighted by Gasteiger charge is -2.33. The van der Waals surface area contributed by atoms with E-state index < -0.39 is 0 Å². The maximum atomic E-state index is 2.51. The molecule has 0 bridgehead atoms. The number of hydrogen-bond donors (Lipinski definition) is 0. The highest BCUT2D eigenvalue weighted by Gasteiger charge is 2.31. The minimum absolute atomic E-state index is 0.296. The maximum Gasteiger partial charge on any atom is 0.0433 e. The van der Waals surface area contributed by atoms with Crippen LogP contribution in [-0.4, -0.2) is 0 Å². The molecule has 0 N–H and O–H groups in total. The van der Waals surface area contributed by atoms with Crippen LogP contribution in [0.2, 0.25) is 0 Å². The van der Waals surface area contributed by atoms with Crippen molar-refractivity contribution < 1.29 is 0 Å². The first-order valence-electron chi connectivity index (χ1n) is 16.8. The Balaban J connectivity index is 1.33. The summed E-state index contributed by atoms with van der Waals surface area (Å²) in [4.78, 5) is 0. The molecule has 3 aliphatic rings. The van der Waals surface area contributed by atoms with E-state index in [0.717, 1.165) is 12.8 Å². The standard InChI is InChI=1S/C46H32S/c1-2-13-31(14-3-1)44-41-28-33(36-18-10-19-39-37-17-8-9-20-42(37)47-46(36)39)24-25-38(41)43(34-22-21-29-11-4-5-15-32(29)27-34)40-26-23-30-12-6-7-16-35(30)45(40)44/h2,4-28,30,35H,1,3H2. The van der Waals surface area contributed by atoms with Gasteiger partial charge >= 0.3 is 0 Å². The topological polar surface area (TPSA) is 0 Å². The fourth-order valence-electron chi connectivity index (χ4n) is 8.26. The van der Waals surface area contributed by atoms with Crippen molar-refractivity contribution in [1.82, 2.24) is 0 Å². The molecule has 222 valence electrons. The summed E-state index contributed by atoms with van der Waals surface area (Å²) in [5, 5.41) is 7.90. The fourth-order valence-corrected chi connectivity index (χ4v) is 9.50. The summed E-state index contributed by atoms with van der Waals surface area (Å²) >= 11 is 1.91. The van der Waals surface area contributed by atoms with Gasteiger partial charge in [0.15, 0.2) is 0 Å². The molecule has 2 unspecified atom stereocenters. The number of allylic oxidation sites excluding steroid dienone is 9. The van der Waals surface area contributed by atoms with E-state index in [1.165, 1.54) is 86.2 Å². The fraction of sp³-hybridized carbons (Fsp3) is 0.0870. The normalized spacial score (nSPS) is 18.3. The first kappa shape index (κ1) is 26.9. The zero-order chi connectivity index (χ0) is 30.9. The van der Waals surface area contributed by atoms with Crippen LogP contribution in [0.1, 0.15) is 35.4 Å². The molecule has 0 radical (unpaired) electrons. The summed E-state index contributed by atoms with van der Waals surface area (Å²) in [5.74, 6) is 0.654. The summed E-state index contributed by atoms with van der Waals surface area (Å²) in [6.45, 7) is 0. The van der Waals surface area contributed by atoms with E-state index in [1.807, 2.05) is 11.3 Å². The molecule has 7 aromatic rings. The minimum Gasteiger partial charge on any atom is -0.135 e. The summed E-state index contributed by atoms with van der Waals surface area (Å²) in [5.41, 5.74) is 10.8. The Morgan fingerprint density at radius 3 is 2.36 bits per heavy atom. The van der Waals surface area contributed by atoms with Crippen molar-refractivity contribution in [2.24, 2.45) is 5.92 Å². The molecule has 0 saturated carbocycles. The van der Waals surface area contributed by atoms with Crippen molar-refractivity contribution >= 4 is 64.7 Å². The van der Waals surface area contributed by atoms with E-state index in [4.69, 9.17) is 0 Å². The van der Waals surface area contributed by atoms with Gasteiger partial charge in [0.05, 0.1) is 0 Å². The van der Waals surface area contributed by atoms with Crippen LogP contribution in [0.25, 0.3) is 75.6 Å². The molecule has 10 rings (SSSR count). The average Bonchev–Trinajstić information content (AvgIpc) is 3.53. The van der Waals surface area contributed by atoms with Crippen LogP contribution >= 0.6 is 11.3 Å². The van der Waals surface area contributed by atoms with Crippen LogP contribution in [0.15, 0.2) is 152 Å². The lowest BCUT2D eigenvalue weighted by atomic mass is 9.70. The molecular formula is C46H32S. The average molecular weight is 617 g/mol. The SMILES string of the molecule is C1=CC2C=Cc3c(c(C4=CCCC=C4)c4cc(-c5cccc6c5sc5ccccc56)ccc4c3-c3ccc4ccccc4c3)C2C=C1. The van der Waals surface area contributed by atoms with Gasteiger partial charge in [0.1, 0.15) is 0 Å². The second-order valence-corrected chi connectivity index (χ2v) is 14.1. The number of hydrogen-bond acceptors (Lipinski definition) is 1.